The lowest BCUT2D eigenvalue weighted by Gasteiger charge is -2.15. The van der Waals surface area contributed by atoms with Crippen LogP contribution in [0.1, 0.15) is 30.4 Å². The minimum absolute atomic E-state index is 0.0221. The molecule has 1 amide bonds. The lowest BCUT2D eigenvalue weighted by atomic mass is 10.0. The zero-order valence-corrected chi connectivity index (χ0v) is 22.9. The van der Waals surface area contributed by atoms with Gasteiger partial charge in [0.1, 0.15) is 5.82 Å². The summed E-state index contributed by atoms with van der Waals surface area (Å²) >= 11 is 0. The molecule has 0 saturated heterocycles. The van der Waals surface area contributed by atoms with Crippen molar-refractivity contribution in [2.24, 2.45) is 0 Å². The largest absolute Gasteiger partial charge is 0.369 e. The Labute approximate surface area is 234 Å². The summed E-state index contributed by atoms with van der Waals surface area (Å²) in [5.41, 5.74) is 4.55. The van der Waals surface area contributed by atoms with E-state index in [-0.39, 0.29) is 10.8 Å². The van der Waals surface area contributed by atoms with Crippen molar-refractivity contribution < 1.29 is 13.2 Å². The van der Waals surface area contributed by atoms with Crippen LogP contribution in [0.5, 0.6) is 0 Å². The fraction of sp³-hybridized carbons (Fsp3) is 0.233. The van der Waals surface area contributed by atoms with Gasteiger partial charge in [-0.15, -0.1) is 0 Å². The maximum atomic E-state index is 12.6. The third kappa shape index (κ3) is 7.22. The molecular weight excluding hydrogens is 524 g/mol. The van der Waals surface area contributed by atoms with Crippen LogP contribution < -0.4 is 20.7 Å². The molecule has 5 rings (SSSR count). The van der Waals surface area contributed by atoms with E-state index in [1.54, 1.807) is 30.5 Å². The topological polar surface area (TPSA) is 125 Å². The van der Waals surface area contributed by atoms with Gasteiger partial charge in [0.25, 0.3) is 0 Å². The van der Waals surface area contributed by atoms with Crippen molar-refractivity contribution in [2.45, 2.75) is 37.1 Å². The van der Waals surface area contributed by atoms with Crippen LogP contribution in [-0.2, 0) is 27.8 Å². The molecule has 0 saturated carbocycles. The Morgan fingerprint density at radius 2 is 1.70 bits per heavy atom. The van der Waals surface area contributed by atoms with Gasteiger partial charge < -0.3 is 16.0 Å². The quantitative estimate of drug-likeness (QED) is 0.273. The fourth-order valence-electron chi connectivity index (χ4n) is 4.40. The van der Waals surface area contributed by atoms with Crippen LogP contribution >= 0.6 is 0 Å². The molecule has 3 aromatic carbocycles. The Bertz CT molecular complexity index is 1560. The third-order valence-corrected chi connectivity index (χ3v) is 8.07. The highest BCUT2D eigenvalue weighted by Gasteiger charge is 2.16. The normalized spacial score (nSPS) is 14.7. The van der Waals surface area contributed by atoms with Crippen molar-refractivity contribution in [3.63, 3.8) is 0 Å². The highest BCUT2D eigenvalue weighted by Crippen LogP contribution is 2.28. The highest BCUT2D eigenvalue weighted by molar-refractivity contribution is 7.89. The molecule has 206 valence electrons. The number of nitrogens with zero attached hydrogens (tertiary/aromatic N) is 2. The fourth-order valence-corrected chi connectivity index (χ4v) is 5.52. The lowest BCUT2D eigenvalue weighted by Crippen LogP contribution is -2.25. The van der Waals surface area contributed by atoms with Gasteiger partial charge in [0.05, 0.1) is 4.90 Å². The average molecular weight is 557 g/mol. The van der Waals surface area contributed by atoms with Crippen molar-refractivity contribution in [2.75, 3.05) is 23.7 Å². The van der Waals surface area contributed by atoms with Gasteiger partial charge in [-0.2, -0.15) is 4.98 Å². The number of benzene rings is 3. The number of aromatic nitrogens is 2. The predicted octanol–water partition coefficient (Wildman–Crippen LogP) is 4.62. The molecule has 10 heteroatoms. The zero-order chi connectivity index (χ0) is 27.8. The number of nitrogens with one attached hydrogen (secondary N) is 4. The van der Waals surface area contributed by atoms with Crippen LogP contribution in [0.4, 0.5) is 17.5 Å². The number of rotatable bonds is 6. The summed E-state index contributed by atoms with van der Waals surface area (Å²) in [6.45, 7) is 1.52. The van der Waals surface area contributed by atoms with Crippen LogP contribution in [-0.4, -0.2) is 37.4 Å². The second kappa shape index (κ2) is 12.7. The number of carbonyl (C=O) groups is 1. The summed E-state index contributed by atoms with van der Waals surface area (Å²) in [7, 11) is -3.58. The van der Waals surface area contributed by atoms with Crippen LogP contribution in [0.15, 0.2) is 90.0 Å². The summed E-state index contributed by atoms with van der Waals surface area (Å²) in [5.74, 6) is 1.08. The summed E-state index contributed by atoms with van der Waals surface area (Å²) < 4.78 is 27.8. The Morgan fingerprint density at radius 1 is 0.900 bits per heavy atom. The van der Waals surface area contributed by atoms with Gasteiger partial charge in [-0.25, -0.2) is 18.1 Å². The number of hydrogen-bond acceptors (Lipinski definition) is 7. The molecule has 0 radical (unpaired) electrons. The molecule has 0 unspecified atom stereocenters. The smallest absolute Gasteiger partial charge is 0.240 e. The van der Waals surface area contributed by atoms with Crippen LogP contribution in [0.25, 0.3) is 11.1 Å². The summed E-state index contributed by atoms with van der Waals surface area (Å²) in [5, 5.41) is 9.49. The Balaban J connectivity index is 1.28. The number of hydrogen-bond donors (Lipinski definition) is 4. The molecule has 0 fully saturated rings. The zero-order valence-electron chi connectivity index (χ0n) is 22.1. The first kappa shape index (κ1) is 27.3. The first-order chi connectivity index (χ1) is 19.5. The van der Waals surface area contributed by atoms with Gasteiger partial charge in [-0.05, 0) is 54.2 Å². The van der Waals surface area contributed by atoms with E-state index in [2.05, 4.69) is 25.7 Å². The number of anilines is 3. The van der Waals surface area contributed by atoms with E-state index in [9.17, 15) is 13.2 Å². The monoisotopic (exact) mass is 556 g/mol. The van der Waals surface area contributed by atoms with Gasteiger partial charge in [-0.3, -0.25) is 4.79 Å². The van der Waals surface area contributed by atoms with Crippen molar-refractivity contribution >= 4 is 33.4 Å². The first-order valence-electron chi connectivity index (χ1n) is 13.3. The van der Waals surface area contributed by atoms with E-state index in [0.29, 0.717) is 56.4 Å². The molecule has 0 aliphatic carbocycles. The van der Waals surface area contributed by atoms with Crippen molar-refractivity contribution in [3.8, 4) is 11.1 Å². The van der Waals surface area contributed by atoms with E-state index in [1.165, 1.54) is 0 Å². The Kier molecular flexibility index (Phi) is 8.68. The standard InChI is InChI=1S/C30H32N6O3S/c37-28(32-20-23-7-2-1-3-8-23)16-13-22-11-14-24(15-12-22)27-21-33-30-35-25-9-6-10-26(19-25)40(38,39)34-18-5-4-17-31-29(27)36-30/h1-3,6-12,14-15,19,21,34H,4-5,13,16-18,20H2,(H,32,37)(H2,31,33,35,36). The van der Waals surface area contributed by atoms with Crippen molar-refractivity contribution in [1.29, 1.82) is 0 Å². The Morgan fingerprint density at radius 3 is 2.52 bits per heavy atom. The van der Waals surface area contributed by atoms with Crippen molar-refractivity contribution in [3.05, 3.63) is 96.2 Å². The van der Waals surface area contributed by atoms with Crippen LogP contribution in [0.3, 0.4) is 0 Å². The molecule has 0 atom stereocenters. The summed E-state index contributed by atoms with van der Waals surface area (Å²) in [6, 6.07) is 24.6. The highest BCUT2D eigenvalue weighted by atomic mass is 32.2. The van der Waals surface area contributed by atoms with Gasteiger partial charge >= 0.3 is 0 Å². The van der Waals surface area contributed by atoms with Crippen LogP contribution in [0, 0.1) is 0 Å². The third-order valence-electron chi connectivity index (χ3n) is 6.62. The minimum Gasteiger partial charge on any atom is -0.369 e. The number of fused-ring (bicyclic) bond motifs is 4. The Hall–Kier alpha value is -4.28. The molecule has 4 bridgehead atoms. The van der Waals surface area contributed by atoms with Gasteiger partial charge in [0, 0.05) is 43.5 Å². The molecule has 0 spiro atoms. The number of aryl methyl sites for hydroxylation is 1. The second-order valence-corrected chi connectivity index (χ2v) is 11.4. The lowest BCUT2D eigenvalue weighted by molar-refractivity contribution is -0.121. The molecule has 4 aromatic rings. The first-order valence-corrected chi connectivity index (χ1v) is 14.8. The maximum Gasteiger partial charge on any atom is 0.240 e. The number of carbonyl (C=O) groups excluding carboxylic acids is 1. The van der Waals surface area contributed by atoms with E-state index < -0.39 is 10.0 Å². The molecule has 40 heavy (non-hydrogen) atoms. The second-order valence-electron chi connectivity index (χ2n) is 9.60. The van der Waals surface area contributed by atoms with E-state index >= 15 is 0 Å². The van der Waals surface area contributed by atoms with Crippen molar-refractivity contribution in [1.82, 2.24) is 20.0 Å². The van der Waals surface area contributed by atoms with E-state index in [1.807, 2.05) is 54.6 Å². The molecule has 2 heterocycles. The molecule has 1 aliphatic heterocycles. The predicted molar refractivity (Wildman–Crippen MR) is 157 cm³/mol. The SMILES string of the molecule is O=C(CCc1ccc(-c2cnc3nc2NCCCCNS(=O)(=O)c2cccc(c2)N3)cc1)NCc1ccccc1. The molecule has 1 aliphatic rings. The van der Waals surface area contributed by atoms with Gasteiger partial charge in [0.2, 0.25) is 21.9 Å². The molecule has 1 aromatic heterocycles. The average Bonchev–Trinajstić information content (AvgIpc) is 2.97. The molecular formula is C30H32N6O3S. The summed E-state index contributed by atoms with van der Waals surface area (Å²) in [4.78, 5) is 21.7. The van der Waals surface area contributed by atoms with E-state index in [4.69, 9.17) is 4.98 Å². The number of sulfonamides is 1. The van der Waals surface area contributed by atoms with Gasteiger partial charge in [-0.1, -0.05) is 60.7 Å². The van der Waals surface area contributed by atoms with E-state index in [0.717, 1.165) is 28.7 Å². The molecule has 9 nitrogen and oxygen atoms in total. The molecule has 4 N–H and O–H groups in total. The maximum absolute atomic E-state index is 12.6. The van der Waals surface area contributed by atoms with Crippen LogP contribution in [0.2, 0.25) is 0 Å². The van der Waals surface area contributed by atoms with Gasteiger partial charge in [0.15, 0.2) is 0 Å². The number of amides is 1. The summed E-state index contributed by atoms with van der Waals surface area (Å²) in [6.07, 6.45) is 4.27. The minimum atomic E-state index is -3.58.